The van der Waals surface area contributed by atoms with Gasteiger partial charge in [0.15, 0.2) is 11.5 Å². The molecule has 0 saturated carbocycles. The summed E-state index contributed by atoms with van der Waals surface area (Å²) in [6.45, 7) is 7.70. The fourth-order valence-corrected chi connectivity index (χ4v) is 1.76. The topological polar surface area (TPSA) is 88.4 Å². The lowest BCUT2D eigenvalue weighted by Crippen LogP contribution is -2.25. The lowest BCUT2D eigenvalue weighted by molar-refractivity contribution is -0.143. The van der Waals surface area contributed by atoms with E-state index in [1.54, 1.807) is 39.0 Å². The maximum atomic E-state index is 12.0. The van der Waals surface area contributed by atoms with Crippen LogP contribution in [-0.4, -0.2) is 25.5 Å². The van der Waals surface area contributed by atoms with Gasteiger partial charge in [0.05, 0.1) is 12.5 Å². The van der Waals surface area contributed by atoms with E-state index < -0.39 is 11.3 Å². The highest BCUT2D eigenvalue weighted by molar-refractivity contribution is 6.01. The number of ether oxygens (including phenoxy) is 2. The standard InChI is InChI=1S/C19H24N2O4/c1-6-9-21-17(22)14(12-20)10-13-7-8-15(16(11-13)24-5)25-18(23)19(2,3)4/h7-8,10-11H,6,9H2,1-5H3,(H,21,22)/b14-10+. The second-order valence-corrected chi connectivity index (χ2v) is 6.48. The number of carbonyl (C=O) groups excluding carboxylic acids is 2. The molecule has 0 saturated heterocycles. The van der Waals surface area contributed by atoms with E-state index in [-0.39, 0.29) is 17.3 Å². The number of esters is 1. The first-order chi connectivity index (χ1) is 11.7. The van der Waals surface area contributed by atoms with E-state index in [1.807, 2.05) is 13.0 Å². The van der Waals surface area contributed by atoms with Gasteiger partial charge in [-0.05, 0) is 51.0 Å². The summed E-state index contributed by atoms with van der Waals surface area (Å²) in [6.07, 6.45) is 2.25. The molecule has 0 aliphatic carbocycles. The molecule has 1 aromatic carbocycles. The predicted octanol–water partition coefficient (Wildman–Crippen LogP) is 3.08. The van der Waals surface area contributed by atoms with Gasteiger partial charge in [-0.3, -0.25) is 9.59 Å². The molecule has 0 atom stereocenters. The maximum Gasteiger partial charge on any atom is 0.316 e. The number of rotatable bonds is 6. The number of hydrogen-bond acceptors (Lipinski definition) is 5. The average Bonchev–Trinajstić information content (AvgIpc) is 2.57. The molecular weight excluding hydrogens is 320 g/mol. The molecule has 6 nitrogen and oxygen atoms in total. The molecule has 1 amide bonds. The molecule has 0 heterocycles. The van der Waals surface area contributed by atoms with Crippen molar-refractivity contribution in [3.8, 4) is 17.6 Å². The van der Waals surface area contributed by atoms with Crippen molar-refractivity contribution in [2.75, 3.05) is 13.7 Å². The molecule has 134 valence electrons. The number of methoxy groups -OCH3 is 1. The molecule has 25 heavy (non-hydrogen) atoms. The second kappa shape index (κ2) is 8.88. The summed E-state index contributed by atoms with van der Waals surface area (Å²) in [5.41, 5.74) is -0.0555. The van der Waals surface area contributed by atoms with Gasteiger partial charge in [-0.1, -0.05) is 13.0 Å². The first-order valence-corrected chi connectivity index (χ1v) is 8.03. The summed E-state index contributed by atoms with van der Waals surface area (Å²) in [7, 11) is 1.45. The number of carbonyl (C=O) groups is 2. The van der Waals surface area contributed by atoms with Crippen LogP contribution < -0.4 is 14.8 Å². The van der Waals surface area contributed by atoms with E-state index in [9.17, 15) is 9.59 Å². The summed E-state index contributed by atoms with van der Waals surface area (Å²) in [4.78, 5) is 23.9. The van der Waals surface area contributed by atoms with Crippen molar-refractivity contribution in [3.05, 3.63) is 29.3 Å². The molecule has 6 heteroatoms. The van der Waals surface area contributed by atoms with Crippen LogP contribution in [0.3, 0.4) is 0 Å². The minimum atomic E-state index is -0.644. The number of nitrogens with zero attached hydrogens (tertiary/aromatic N) is 1. The van der Waals surface area contributed by atoms with Crippen LogP contribution in [0.15, 0.2) is 23.8 Å². The smallest absolute Gasteiger partial charge is 0.316 e. The third-order valence-corrected chi connectivity index (χ3v) is 3.21. The van der Waals surface area contributed by atoms with Crippen molar-refractivity contribution in [3.63, 3.8) is 0 Å². The Labute approximate surface area is 148 Å². The zero-order valence-corrected chi connectivity index (χ0v) is 15.3. The summed E-state index contributed by atoms with van der Waals surface area (Å²) in [6, 6.07) is 6.72. The Morgan fingerprint density at radius 1 is 1.28 bits per heavy atom. The van der Waals surface area contributed by atoms with Crippen molar-refractivity contribution in [2.45, 2.75) is 34.1 Å². The minimum absolute atomic E-state index is 0.00469. The molecule has 1 aromatic rings. The molecule has 0 spiro atoms. The van der Waals surface area contributed by atoms with Crippen molar-refractivity contribution in [1.29, 1.82) is 5.26 Å². The van der Waals surface area contributed by atoms with Crippen LogP contribution in [0.25, 0.3) is 6.08 Å². The highest BCUT2D eigenvalue weighted by Gasteiger charge is 2.25. The minimum Gasteiger partial charge on any atom is -0.493 e. The number of nitrogens with one attached hydrogen (secondary N) is 1. The fourth-order valence-electron chi connectivity index (χ4n) is 1.76. The van der Waals surface area contributed by atoms with Crippen LogP contribution in [0.5, 0.6) is 11.5 Å². The van der Waals surface area contributed by atoms with Gasteiger partial charge in [-0.15, -0.1) is 0 Å². The molecule has 0 fully saturated rings. The summed E-state index contributed by atoms with van der Waals surface area (Å²) < 4.78 is 10.6. The maximum absolute atomic E-state index is 12.0. The third kappa shape index (κ3) is 5.96. The molecule has 0 aromatic heterocycles. The lowest BCUT2D eigenvalue weighted by atomic mass is 9.97. The molecule has 0 unspecified atom stereocenters. The first kappa shape index (κ1) is 20.2. The Morgan fingerprint density at radius 3 is 2.48 bits per heavy atom. The van der Waals surface area contributed by atoms with Gasteiger partial charge in [-0.2, -0.15) is 5.26 Å². The molecule has 0 aliphatic heterocycles. The number of benzene rings is 1. The van der Waals surface area contributed by atoms with E-state index in [0.717, 1.165) is 6.42 Å². The number of hydrogen-bond donors (Lipinski definition) is 1. The molecule has 0 aliphatic rings. The molecule has 1 rings (SSSR count). The average molecular weight is 344 g/mol. The number of amides is 1. The van der Waals surface area contributed by atoms with Crippen LogP contribution in [0.1, 0.15) is 39.7 Å². The van der Waals surface area contributed by atoms with Crippen molar-refractivity contribution >= 4 is 18.0 Å². The van der Waals surface area contributed by atoms with Crippen molar-refractivity contribution < 1.29 is 19.1 Å². The van der Waals surface area contributed by atoms with Gasteiger partial charge in [0.2, 0.25) is 0 Å². The molecule has 0 bridgehead atoms. The summed E-state index contributed by atoms with van der Waals surface area (Å²) in [5, 5.41) is 11.8. The van der Waals surface area contributed by atoms with Crippen LogP contribution in [0.4, 0.5) is 0 Å². The van der Waals surface area contributed by atoms with E-state index in [2.05, 4.69) is 5.32 Å². The monoisotopic (exact) mass is 344 g/mol. The molecular formula is C19H24N2O4. The fraction of sp³-hybridized carbons (Fsp3) is 0.421. The highest BCUT2D eigenvalue weighted by Crippen LogP contribution is 2.31. The zero-order valence-electron chi connectivity index (χ0n) is 15.3. The highest BCUT2D eigenvalue weighted by atomic mass is 16.6. The van der Waals surface area contributed by atoms with Crippen LogP contribution in [0, 0.1) is 16.7 Å². The van der Waals surface area contributed by atoms with Gasteiger partial charge in [0.25, 0.3) is 5.91 Å². The summed E-state index contributed by atoms with van der Waals surface area (Å²) >= 11 is 0. The zero-order chi connectivity index (χ0) is 19.0. The molecule has 0 radical (unpaired) electrons. The Kier molecular flexibility index (Phi) is 7.19. The predicted molar refractivity (Wildman–Crippen MR) is 95.0 cm³/mol. The van der Waals surface area contributed by atoms with Gasteiger partial charge in [-0.25, -0.2) is 0 Å². The van der Waals surface area contributed by atoms with Crippen LogP contribution >= 0.6 is 0 Å². The SMILES string of the molecule is CCCNC(=O)/C(C#N)=C/c1ccc(OC(=O)C(C)(C)C)c(OC)c1. The van der Waals surface area contributed by atoms with E-state index in [0.29, 0.717) is 17.9 Å². The van der Waals surface area contributed by atoms with Gasteiger partial charge in [0, 0.05) is 6.54 Å². The Hall–Kier alpha value is -2.81. The van der Waals surface area contributed by atoms with Gasteiger partial charge < -0.3 is 14.8 Å². The lowest BCUT2D eigenvalue weighted by Gasteiger charge is -2.17. The van der Waals surface area contributed by atoms with Crippen LogP contribution in [-0.2, 0) is 9.59 Å². The van der Waals surface area contributed by atoms with E-state index in [4.69, 9.17) is 14.7 Å². The van der Waals surface area contributed by atoms with Crippen molar-refractivity contribution in [1.82, 2.24) is 5.32 Å². The Morgan fingerprint density at radius 2 is 1.96 bits per heavy atom. The van der Waals surface area contributed by atoms with E-state index in [1.165, 1.54) is 13.2 Å². The van der Waals surface area contributed by atoms with Gasteiger partial charge >= 0.3 is 5.97 Å². The largest absolute Gasteiger partial charge is 0.493 e. The molecule has 1 N–H and O–H groups in total. The van der Waals surface area contributed by atoms with Crippen LogP contribution in [0.2, 0.25) is 0 Å². The normalized spacial score (nSPS) is 11.4. The Balaban J connectivity index is 3.08. The first-order valence-electron chi connectivity index (χ1n) is 8.03. The van der Waals surface area contributed by atoms with Gasteiger partial charge in [0.1, 0.15) is 11.6 Å². The Bertz CT molecular complexity index is 709. The number of nitriles is 1. The summed E-state index contributed by atoms with van der Waals surface area (Å²) in [5.74, 6) is -0.177. The van der Waals surface area contributed by atoms with Crippen molar-refractivity contribution in [2.24, 2.45) is 5.41 Å². The quantitative estimate of drug-likeness (QED) is 0.371. The third-order valence-electron chi connectivity index (χ3n) is 3.21. The van der Waals surface area contributed by atoms with E-state index >= 15 is 0 Å². The second-order valence-electron chi connectivity index (χ2n) is 6.48.